The van der Waals surface area contributed by atoms with Crippen molar-refractivity contribution in [3.63, 3.8) is 0 Å². The molecule has 0 unspecified atom stereocenters. The first-order valence-corrected chi connectivity index (χ1v) is 2.63. The average Bonchev–Trinajstić information content (AvgIpc) is 1.21. The Morgan fingerprint density at radius 1 is 1.56 bits per heavy atom. The Kier molecular flexibility index (Phi) is 6.09. The Hall–Kier alpha value is 0.630. The van der Waals surface area contributed by atoms with Crippen molar-refractivity contribution in [2.24, 2.45) is 0 Å². The summed E-state index contributed by atoms with van der Waals surface area (Å²) in [4.78, 5) is 10.3. The van der Waals surface area contributed by atoms with Crippen molar-refractivity contribution in [1.82, 2.24) is 0 Å². The van der Waals surface area contributed by atoms with Gasteiger partial charge in [-0.05, 0) is 20.8 Å². The molecule has 0 aliphatic carbocycles. The van der Waals surface area contributed by atoms with Crippen LogP contribution < -0.4 is 0 Å². The Labute approximate surface area is 77.9 Å². The molecular formula is C6H13NaO2. The second-order valence-corrected chi connectivity index (χ2v) is 2.69. The zero-order valence-corrected chi connectivity index (χ0v) is 5.56. The summed E-state index contributed by atoms with van der Waals surface area (Å²) >= 11 is 0. The molecular weight excluding hydrogens is 127 g/mol. The average molecular weight is 140 g/mol. The minimum atomic E-state index is -0.828. The van der Waals surface area contributed by atoms with E-state index in [0.29, 0.717) is 0 Å². The maximum atomic E-state index is 10.3. The van der Waals surface area contributed by atoms with Crippen LogP contribution >= 0.6 is 0 Å². The molecule has 0 saturated carbocycles. The number of Topliss-reactive ketones (excluding diaryl/α,β-unsaturated/α-hetero) is 1. The van der Waals surface area contributed by atoms with Gasteiger partial charge in [-0.15, -0.1) is 0 Å². The molecule has 0 saturated heterocycles. The molecule has 0 rings (SSSR count). The third-order valence-electron chi connectivity index (χ3n) is 0.682. The third kappa shape index (κ3) is 12.0. The number of hydrogen-bond acceptors (Lipinski definition) is 2. The van der Waals surface area contributed by atoms with Gasteiger partial charge in [0.2, 0.25) is 0 Å². The summed E-state index contributed by atoms with van der Waals surface area (Å²) in [5.41, 5.74) is -0.828. The number of hydrogen-bond donors (Lipinski definition) is 1. The van der Waals surface area contributed by atoms with Gasteiger partial charge in [-0.25, -0.2) is 0 Å². The standard InChI is InChI=1S/C6H12O2.Na.H/c1-5(7)4-6(2,3)8;;/h8H,4H2,1-3H3;;. The Morgan fingerprint density at radius 3 is 1.89 bits per heavy atom. The van der Waals surface area contributed by atoms with Crippen molar-refractivity contribution in [1.29, 1.82) is 0 Å². The molecule has 0 aromatic heterocycles. The summed E-state index contributed by atoms with van der Waals surface area (Å²) in [6, 6.07) is 0. The van der Waals surface area contributed by atoms with Gasteiger partial charge in [0.05, 0.1) is 5.60 Å². The van der Waals surface area contributed by atoms with E-state index >= 15 is 0 Å². The molecule has 1 N–H and O–H groups in total. The van der Waals surface area contributed by atoms with E-state index in [4.69, 9.17) is 5.11 Å². The summed E-state index contributed by atoms with van der Waals surface area (Å²) < 4.78 is 0. The van der Waals surface area contributed by atoms with Gasteiger partial charge in [-0.1, -0.05) is 0 Å². The van der Waals surface area contributed by atoms with Crippen LogP contribution in [0.2, 0.25) is 0 Å². The van der Waals surface area contributed by atoms with Crippen LogP contribution in [0.3, 0.4) is 0 Å². The Bertz CT molecular complexity index is 93.7. The summed E-state index contributed by atoms with van der Waals surface area (Å²) in [6.07, 6.45) is 0.243. The van der Waals surface area contributed by atoms with Gasteiger partial charge in [0.25, 0.3) is 0 Å². The number of rotatable bonds is 2. The fourth-order valence-electron chi connectivity index (χ4n) is 0.609. The molecule has 3 heteroatoms. The number of aliphatic hydroxyl groups is 1. The zero-order valence-electron chi connectivity index (χ0n) is 5.56. The van der Waals surface area contributed by atoms with Crippen LogP contribution in [-0.2, 0) is 4.79 Å². The van der Waals surface area contributed by atoms with Crippen LogP contribution in [0.1, 0.15) is 27.2 Å². The Balaban J connectivity index is 0. The molecule has 0 aliphatic heterocycles. The summed E-state index contributed by atoms with van der Waals surface area (Å²) in [5.74, 6) is 0.0255. The first-order valence-electron chi connectivity index (χ1n) is 2.63. The van der Waals surface area contributed by atoms with Gasteiger partial charge in [-0.2, -0.15) is 0 Å². The van der Waals surface area contributed by atoms with Gasteiger partial charge in [-0.3, -0.25) is 4.79 Å². The summed E-state index contributed by atoms with van der Waals surface area (Å²) in [5, 5.41) is 8.97. The van der Waals surface area contributed by atoms with Gasteiger partial charge < -0.3 is 5.11 Å². The van der Waals surface area contributed by atoms with Crippen LogP contribution in [0.25, 0.3) is 0 Å². The van der Waals surface area contributed by atoms with Gasteiger partial charge in [0, 0.05) is 6.42 Å². The second-order valence-electron chi connectivity index (χ2n) is 2.69. The van der Waals surface area contributed by atoms with Crippen molar-refractivity contribution in [2.45, 2.75) is 32.8 Å². The summed E-state index contributed by atoms with van der Waals surface area (Å²) in [7, 11) is 0. The molecule has 0 bridgehead atoms. The van der Waals surface area contributed by atoms with E-state index in [1.165, 1.54) is 6.92 Å². The zero-order chi connectivity index (χ0) is 6.78. The molecule has 0 spiro atoms. The van der Waals surface area contributed by atoms with Crippen molar-refractivity contribution in [3.05, 3.63) is 0 Å². The quantitative estimate of drug-likeness (QED) is 0.552. The van der Waals surface area contributed by atoms with E-state index in [1.807, 2.05) is 0 Å². The number of ketones is 1. The molecule has 0 amide bonds. The molecule has 0 heterocycles. The maximum absolute atomic E-state index is 10.3. The van der Waals surface area contributed by atoms with E-state index in [2.05, 4.69) is 0 Å². The minimum absolute atomic E-state index is 0. The predicted molar refractivity (Wildman–Crippen MR) is 38.7 cm³/mol. The van der Waals surface area contributed by atoms with E-state index < -0.39 is 5.60 Å². The van der Waals surface area contributed by atoms with E-state index in [9.17, 15) is 4.79 Å². The van der Waals surface area contributed by atoms with Crippen LogP contribution in [0.4, 0.5) is 0 Å². The SMILES string of the molecule is CC(=O)CC(C)(C)O.[NaH]. The van der Waals surface area contributed by atoms with E-state index in [-0.39, 0.29) is 41.8 Å². The molecule has 9 heavy (non-hydrogen) atoms. The number of carbonyl (C=O) groups excluding carboxylic acids is 1. The van der Waals surface area contributed by atoms with Crippen molar-refractivity contribution in [2.75, 3.05) is 0 Å². The summed E-state index contributed by atoms with van der Waals surface area (Å²) in [6.45, 7) is 4.71. The van der Waals surface area contributed by atoms with Crippen molar-refractivity contribution >= 4 is 35.3 Å². The van der Waals surface area contributed by atoms with E-state index in [1.54, 1.807) is 13.8 Å². The topological polar surface area (TPSA) is 37.3 Å². The molecule has 0 aromatic rings. The molecule has 0 atom stereocenters. The molecule has 0 radical (unpaired) electrons. The van der Waals surface area contributed by atoms with Gasteiger partial charge in [0.15, 0.2) is 0 Å². The molecule has 0 aliphatic rings. The van der Waals surface area contributed by atoms with Crippen molar-refractivity contribution in [3.8, 4) is 0 Å². The Morgan fingerprint density at radius 2 is 1.89 bits per heavy atom. The van der Waals surface area contributed by atoms with Crippen LogP contribution in [0.15, 0.2) is 0 Å². The van der Waals surface area contributed by atoms with Gasteiger partial charge in [0.1, 0.15) is 5.78 Å². The monoisotopic (exact) mass is 140 g/mol. The second kappa shape index (κ2) is 4.45. The first kappa shape index (κ1) is 12.3. The normalized spacial score (nSPS) is 10.2. The van der Waals surface area contributed by atoms with Crippen LogP contribution in [-0.4, -0.2) is 46.0 Å². The van der Waals surface area contributed by atoms with Crippen LogP contribution in [0.5, 0.6) is 0 Å². The van der Waals surface area contributed by atoms with Crippen molar-refractivity contribution < 1.29 is 9.90 Å². The fourth-order valence-corrected chi connectivity index (χ4v) is 0.609. The predicted octanol–water partition coefficient (Wildman–Crippen LogP) is 0.0879. The molecule has 50 valence electrons. The number of carbonyl (C=O) groups is 1. The van der Waals surface area contributed by atoms with Crippen LogP contribution in [0, 0.1) is 0 Å². The fraction of sp³-hybridized carbons (Fsp3) is 0.833. The molecule has 0 fully saturated rings. The molecule has 0 aromatic carbocycles. The van der Waals surface area contributed by atoms with Gasteiger partial charge >= 0.3 is 29.6 Å². The van der Waals surface area contributed by atoms with E-state index in [0.717, 1.165) is 0 Å². The molecule has 2 nitrogen and oxygen atoms in total. The first-order chi connectivity index (χ1) is 3.42. The third-order valence-corrected chi connectivity index (χ3v) is 0.682.